The van der Waals surface area contributed by atoms with Crippen LogP contribution in [0.5, 0.6) is 0 Å². The molecule has 8 heteroatoms. The van der Waals surface area contributed by atoms with Gasteiger partial charge in [0.2, 0.25) is 5.91 Å². The van der Waals surface area contributed by atoms with Gasteiger partial charge < -0.3 is 11.1 Å². The van der Waals surface area contributed by atoms with E-state index in [0.29, 0.717) is 16.0 Å². The third kappa shape index (κ3) is 3.00. The van der Waals surface area contributed by atoms with E-state index in [-0.39, 0.29) is 12.3 Å². The summed E-state index contributed by atoms with van der Waals surface area (Å²) >= 11 is 5.96. The van der Waals surface area contributed by atoms with E-state index in [9.17, 15) is 4.79 Å². The Bertz CT molecular complexity index is 465. The van der Waals surface area contributed by atoms with Gasteiger partial charge in [-0.1, -0.05) is 11.3 Å². The van der Waals surface area contributed by atoms with Gasteiger partial charge in [0, 0.05) is 5.38 Å². The maximum Gasteiger partial charge on any atom is 0.232 e. The number of nitrogen functional groups attached to an aromatic ring is 1. The van der Waals surface area contributed by atoms with Crippen molar-refractivity contribution in [1.82, 2.24) is 9.97 Å². The van der Waals surface area contributed by atoms with Gasteiger partial charge >= 0.3 is 0 Å². The van der Waals surface area contributed by atoms with E-state index in [1.807, 2.05) is 0 Å². The third-order valence-corrected chi connectivity index (χ3v) is 3.75. The van der Waals surface area contributed by atoms with Crippen molar-refractivity contribution in [3.05, 3.63) is 21.1 Å². The molecule has 16 heavy (non-hydrogen) atoms. The molecule has 2 aromatic rings. The molecule has 2 rings (SSSR count). The summed E-state index contributed by atoms with van der Waals surface area (Å²) in [5, 5.41) is 5.49. The fraction of sp³-hybridized carbons (Fsp3) is 0.125. The first-order chi connectivity index (χ1) is 7.63. The predicted octanol–water partition coefficient (Wildman–Crippen LogP) is 2.13. The monoisotopic (exact) mass is 318 g/mol. The smallest absolute Gasteiger partial charge is 0.232 e. The summed E-state index contributed by atoms with van der Waals surface area (Å²) in [5.41, 5.74) is 6.15. The van der Waals surface area contributed by atoms with Crippen LogP contribution < -0.4 is 11.1 Å². The number of halogens is 1. The van der Waals surface area contributed by atoms with E-state index in [4.69, 9.17) is 5.73 Å². The van der Waals surface area contributed by atoms with Gasteiger partial charge in [-0.15, -0.1) is 11.3 Å². The molecule has 3 N–H and O–H groups in total. The average molecular weight is 319 g/mol. The van der Waals surface area contributed by atoms with Gasteiger partial charge in [-0.3, -0.25) is 4.79 Å². The Hall–Kier alpha value is -0.990. The molecule has 0 fully saturated rings. The zero-order valence-corrected chi connectivity index (χ0v) is 11.2. The standard InChI is InChI=1S/C8H7BrN4OS2/c9-5-2-11-8(16-5)13-6(14)1-4-3-15-7(10)12-4/h2-3H,1H2,(H2,10,12)(H,11,13,14). The molecule has 0 saturated carbocycles. The fourth-order valence-electron chi connectivity index (χ4n) is 1.04. The summed E-state index contributed by atoms with van der Waals surface area (Å²) in [4.78, 5) is 19.6. The van der Waals surface area contributed by atoms with Crippen molar-refractivity contribution in [3.63, 3.8) is 0 Å². The van der Waals surface area contributed by atoms with E-state index in [1.165, 1.54) is 22.7 Å². The van der Waals surface area contributed by atoms with Crippen LogP contribution in [0, 0.1) is 0 Å². The van der Waals surface area contributed by atoms with Crippen LogP contribution in [-0.2, 0) is 11.2 Å². The number of hydrogen-bond acceptors (Lipinski definition) is 6. The Kier molecular flexibility index (Phi) is 3.52. The molecule has 2 heterocycles. The molecule has 0 aliphatic heterocycles. The second kappa shape index (κ2) is 4.89. The number of rotatable bonds is 3. The van der Waals surface area contributed by atoms with Gasteiger partial charge in [-0.25, -0.2) is 9.97 Å². The Balaban J connectivity index is 1.94. The minimum atomic E-state index is -0.146. The number of anilines is 2. The van der Waals surface area contributed by atoms with Gasteiger partial charge in [0.15, 0.2) is 10.3 Å². The minimum Gasteiger partial charge on any atom is -0.375 e. The molecule has 5 nitrogen and oxygen atoms in total. The van der Waals surface area contributed by atoms with Gasteiger partial charge in [-0.2, -0.15) is 0 Å². The Morgan fingerprint density at radius 3 is 3.00 bits per heavy atom. The first-order valence-electron chi connectivity index (χ1n) is 4.24. The number of nitrogens with zero attached hydrogens (tertiary/aromatic N) is 2. The highest BCUT2D eigenvalue weighted by Gasteiger charge is 2.08. The van der Waals surface area contributed by atoms with Crippen LogP contribution in [0.3, 0.4) is 0 Å². The molecule has 1 amide bonds. The molecular formula is C8H7BrN4OS2. The Labute approximate surface area is 108 Å². The fourth-order valence-corrected chi connectivity index (χ4v) is 2.73. The largest absolute Gasteiger partial charge is 0.375 e. The van der Waals surface area contributed by atoms with Gasteiger partial charge in [-0.05, 0) is 15.9 Å². The van der Waals surface area contributed by atoms with Crippen LogP contribution >= 0.6 is 38.6 Å². The van der Waals surface area contributed by atoms with Gasteiger partial charge in [0.25, 0.3) is 0 Å². The molecule has 0 aromatic carbocycles. The number of thiazole rings is 2. The highest BCUT2D eigenvalue weighted by molar-refractivity contribution is 9.11. The summed E-state index contributed by atoms with van der Waals surface area (Å²) in [6.45, 7) is 0. The summed E-state index contributed by atoms with van der Waals surface area (Å²) in [6.07, 6.45) is 1.85. The first kappa shape index (κ1) is 11.5. The van der Waals surface area contributed by atoms with Crippen LogP contribution in [0.4, 0.5) is 10.3 Å². The molecule has 0 atom stereocenters. The van der Waals surface area contributed by atoms with Crippen molar-refractivity contribution < 1.29 is 4.79 Å². The van der Waals surface area contributed by atoms with Gasteiger partial charge in [0.05, 0.1) is 22.1 Å². The first-order valence-corrected chi connectivity index (χ1v) is 6.73. The molecule has 0 aliphatic rings. The van der Waals surface area contributed by atoms with E-state index in [0.717, 1.165) is 3.79 Å². The number of hydrogen-bond donors (Lipinski definition) is 2. The van der Waals surface area contributed by atoms with E-state index in [1.54, 1.807) is 11.6 Å². The number of nitrogens with one attached hydrogen (secondary N) is 1. The van der Waals surface area contributed by atoms with Crippen LogP contribution in [0.1, 0.15) is 5.69 Å². The zero-order valence-electron chi connectivity index (χ0n) is 7.94. The molecule has 84 valence electrons. The lowest BCUT2D eigenvalue weighted by Gasteiger charge is -1.98. The van der Waals surface area contributed by atoms with E-state index >= 15 is 0 Å². The maximum absolute atomic E-state index is 11.6. The van der Waals surface area contributed by atoms with Crippen molar-refractivity contribution in [2.45, 2.75) is 6.42 Å². The quantitative estimate of drug-likeness (QED) is 0.908. The van der Waals surface area contributed by atoms with E-state index < -0.39 is 0 Å². The van der Waals surface area contributed by atoms with Gasteiger partial charge in [0.1, 0.15) is 0 Å². The second-order valence-corrected chi connectivity index (χ2v) is 6.17. The van der Waals surface area contributed by atoms with Crippen LogP contribution in [0.15, 0.2) is 15.4 Å². The molecule has 2 aromatic heterocycles. The number of aromatic nitrogens is 2. The molecule has 0 aliphatic carbocycles. The predicted molar refractivity (Wildman–Crippen MR) is 68.7 cm³/mol. The Morgan fingerprint density at radius 2 is 2.44 bits per heavy atom. The zero-order chi connectivity index (χ0) is 11.5. The van der Waals surface area contributed by atoms with Crippen molar-refractivity contribution >= 4 is 54.8 Å². The maximum atomic E-state index is 11.6. The molecule has 0 saturated heterocycles. The van der Waals surface area contributed by atoms with E-state index in [2.05, 4.69) is 31.2 Å². The Morgan fingerprint density at radius 1 is 1.62 bits per heavy atom. The topological polar surface area (TPSA) is 80.9 Å². The molecular weight excluding hydrogens is 312 g/mol. The van der Waals surface area contributed by atoms with Crippen molar-refractivity contribution in [2.24, 2.45) is 0 Å². The van der Waals surface area contributed by atoms with Crippen LogP contribution in [-0.4, -0.2) is 15.9 Å². The summed E-state index contributed by atoms with van der Waals surface area (Å²) < 4.78 is 0.876. The lowest BCUT2D eigenvalue weighted by molar-refractivity contribution is -0.115. The van der Waals surface area contributed by atoms with Crippen LogP contribution in [0.2, 0.25) is 0 Å². The number of nitrogens with two attached hydrogens (primary N) is 1. The number of carbonyl (C=O) groups excluding carboxylic acids is 1. The molecule has 0 spiro atoms. The normalized spacial score (nSPS) is 10.3. The highest BCUT2D eigenvalue weighted by atomic mass is 79.9. The van der Waals surface area contributed by atoms with Crippen molar-refractivity contribution in [3.8, 4) is 0 Å². The highest BCUT2D eigenvalue weighted by Crippen LogP contribution is 2.23. The second-order valence-electron chi connectivity index (χ2n) is 2.87. The summed E-state index contributed by atoms with van der Waals surface area (Å²) in [7, 11) is 0. The summed E-state index contributed by atoms with van der Waals surface area (Å²) in [5.74, 6) is -0.146. The number of carbonyl (C=O) groups is 1. The van der Waals surface area contributed by atoms with Crippen molar-refractivity contribution in [1.29, 1.82) is 0 Å². The number of amides is 1. The van der Waals surface area contributed by atoms with Crippen LogP contribution in [0.25, 0.3) is 0 Å². The lowest BCUT2D eigenvalue weighted by Crippen LogP contribution is -2.14. The van der Waals surface area contributed by atoms with Crippen molar-refractivity contribution in [2.75, 3.05) is 11.1 Å². The molecule has 0 bridgehead atoms. The minimum absolute atomic E-state index is 0.146. The molecule has 0 unspecified atom stereocenters. The molecule has 0 radical (unpaired) electrons. The third-order valence-electron chi connectivity index (χ3n) is 1.64. The lowest BCUT2D eigenvalue weighted by atomic mass is 10.3. The SMILES string of the molecule is Nc1nc(CC(=O)Nc2ncc(Br)s2)cs1. The summed E-state index contributed by atoms with van der Waals surface area (Å²) in [6, 6.07) is 0. The average Bonchev–Trinajstić information content (AvgIpc) is 2.76.